The molecule has 2 amide bonds. The van der Waals surface area contributed by atoms with Gasteiger partial charge in [0, 0.05) is 19.1 Å². The van der Waals surface area contributed by atoms with E-state index in [0.29, 0.717) is 18.0 Å². The zero-order valence-corrected chi connectivity index (χ0v) is 11.8. The van der Waals surface area contributed by atoms with Crippen molar-refractivity contribution in [2.45, 2.75) is 31.8 Å². The summed E-state index contributed by atoms with van der Waals surface area (Å²) >= 11 is 1.41. The summed E-state index contributed by atoms with van der Waals surface area (Å²) in [6.45, 7) is 2.90. The number of carbonyl (C=O) groups excluding carboxylic acids is 2. The van der Waals surface area contributed by atoms with Crippen LogP contribution in [0.4, 0.5) is 0 Å². The minimum Gasteiger partial charge on any atom is -0.351 e. The Hall–Kier alpha value is -1.40. The first kappa shape index (κ1) is 14.0. The molecule has 0 saturated carbocycles. The first-order valence-electron chi connectivity index (χ1n) is 6.48. The van der Waals surface area contributed by atoms with Gasteiger partial charge in [-0.15, -0.1) is 11.3 Å². The van der Waals surface area contributed by atoms with Crippen molar-refractivity contribution >= 4 is 23.2 Å². The molecule has 1 aromatic rings. The molecule has 1 fully saturated rings. The Labute approximate surface area is 116 Å². The molecule has 1 aliphatic heterocycles. The van der Waals surface area contributed by atoms with Crippen molar-refractivity contribution in [3.63, 3.8) is 0 Å². The predicted octanol–water partition coefficient (Wildman–Crippen LogP) is 0.816. The fourth-order valence-electron chi connectivity index (χ4n) is 2.22. The van der Waals surface area contributed by atoms with E-state index in [1.807, 2.05) is 18.4 Å². The Morgan fingerprint density at radius 1 is 1.63 bits per heavy atom. The van der Waals surface area contributed by atoms with E-state index in [-0.39, 0.29) is 23.9 Å². The molecule has 1 aromatic heterocycles. The lowest BCUT2D eigenvalue weighted by Crippen LogP contribution is -2.49. The van der Waals surface area contributed by atoms with Crippen molar-refractivity contribution in [2.75, 3.05) is 13.1 Å². The van der Waals surface area contributed by atoms with Gasteiger partial charge < -0.3 is 16.0 Å². The molecule has 0 aromatic carbocycles. The van der Waals surface area contributed by atoms with Crippen molar-refractivity contribution in [1.29, 1.82) is 0 Å². The van der Waals surface area contributed by atoms with E-state index in [0.717, 1.165) is 12.8 Å². The van der Waals surface area contributed by atoms with Gasteiger partial charge in [-0.1, -0.05) is 6.07 Å². The van der Waals surface area contributed by atoms with E-state index in [2.05, 4.69) is 5.32 Å². The summed E-state index contributed by atoms with van der Waals surface area (Å²) in [5.41, 5.74) is 5.50. The van der Waals surface area contributed by atoms with Crippen LogP contribution in [-0.2, 0) is 4.79 Å². The van der Waals surface area contributed by atoms with Gasteiger partial charge in [0.2, 0.25) is 5.91 Å². The minimum atomic E-state index is -0.358. The number of hydrogen-bond donors (Lipinski definition) is 2. The number of likely N-dealkylation sites (tertiary alicyclic amines) is 1. The Morgan fingerprint density at radius 3 is 3.05 bits per heavy atom. The Kier molecular flexibility index (Phi) is 4.55. The first-order valence-corrected chi connectivity index (χ1v) is 7.36. The number of carbonyl (C=O) groups is 2. The normalized spacial score (nSPS) is 20.3. The van der Waals surface area contributed by atoms with Gasteiger partial charge in [-0.25, -0.2) is 0 Å². The maximum atomic E-state index is 12.3. The Bertz CT molecular complexity index is 447. The number of amides is 2. The number of nitrogens with one attached hydrogen (secondary N) is 1. The molecule has 3 N–H and O–H groups in total. The highest BCUT2D eigenvalue weighted by Gasteiger charge is 2.35. The van der Waals surface area contributed by atoms with Gasteiger partial charge in [0.05, 0.1) is 4.88 Å². The lowest BCUT2D eigenvalue weighted by atomic mass is 10.2. The molecule has 1 unspecified atom stereocenters. The molecule has 19 heavy (non-hydrogen) atoms. The highest BCUT2D eigenvalue weighted by atomic mass is 32.1. The summed E-state index contributed by atoms with van der Waals surface area (Å²) in [5.74, 6) is -0.145. The second kappa shape index (κ2) is 6.16. The zero-order chi connectivity index (χ0) is 13.8. The lowest BCUT2D eigenvalue weighted by molar-refractivity contribution is -0.125. The third kappa shape index (κ3) is 3.13. The van der Waals surface area contributed by atoms with Gasteiger partial charge in [0.15, 0.2) is 0 Å². The number of nitrogens with zero attached hydrogens (tertiary/aromatic N) is 1. The second-order valence-electron chi connectivity index (χ2n) is 4.78. The average Bonchev–Trinajstić information content (AvgIpc) is 3.08. The van der Waals surface area contributed by atoms with Crippen LogP contribution in [0.2, 0.25) is 0 Å². The van der Waals surface area contributed by atoms with E-state index in [1.165, 1.54) is 11.3 Å². The highest BCUT2D eigenvalue weighted by Crippen LogP contribution is 2.22. The third-order valence-electron chi connectivity index (χ3n) is 3.29. The van der Waals surface area contributed by atoms with E-state index >= 15 is 0 Å². The molecule has 2 heterocycles. The monoisotopic (exact) mass is 281 g/mol. The van der Waals surface area contributed by atoms with Crippen LogP contribution < -0.4 is 11.1 Å². The molecule has 2 atom stereocenters. The van der Waals surface area contributed by atoms with Gasteiger partial charge in [-0.2, -0.15) is 0 Å². The third-order valence-corrected chi connectivity index (χ3v) is 4.15. The summed E-state index contributed by atoms with van der Waals surface area (Å²) < 4.78 is 0. The summed E-state index contributed by atoms with van der Waals surface area (Å²) in [5, 5.41) is 4.72. The quantitative estimate of drug-likeness (QED) is 0.858. The van der Waals surface area contributed by atoms with Crippen molar-refractivity contribution < 1.29 is 9.59 Å². The van der Waals surface area contributed by atoms with E-state index in [4.69, 9.17) is 5.73 Å². The number of thiophene rings is 1. The van der Waals surface area contributed by atoms with Crippen molar-refractivity contribution in [1.82, 2.24) is 10.2 Å². The molecule has 5 nitrogen and oxygen atoms in total. The Morgan fingerprint density at radius 2 is 2.42 bits per heavy atom. The van der Waals surface area contributed by atoms with Crippen molar-refractivity contribution in [2.24, 2.45) is 5.73 Å². The van der Waals surface area contributed by atoms with Gasteiger partial charge in [-0.05, 0) is 31.2 Å². The van der Waals surface area contributed by atoms with Crippen LogP contribution >= 0.6 is 11.3 Å². The SMILES string of the molecule is C[C@@H](CN)NC(=O)C1CCCN1C(=O)c1cccs1. The van der Waals surface area contributed by atoms with Crippen LogP contribution in [0.1, 0.15) is 29.4 Å². The van der Waals surface area contributed by atoms with Crippen LogP contribution in [0.25, 0.3) is 0 Å². The summed E-state index contributed by atoms with van der Waals surface area (Å²) in [4.78, 5) is 26.8. The fraction of sp³-hybridized carbons (Fsp3) is 0.538. The predicted molar refractivity (Wildman–Crippen MR) is 75.0 cm³/mol. The second-order valence-corrected chi connectivity index (χ2v) is 5.73. The van der Waals surface area contributed by atoms with Gasteiger partial charge in [0.25, 0.3) is 5.91 Å². The van der Waals surface area contributed by atoms with Crippen LogP contribution in [0.15, 0.2) is 17.5 Å². The van der Waals surface area contributed by atoms with Crippen LogP contribution in [0.3, 0.4) is 0 Å². The largest absolute Gasteiger partial charge is 0.351 e. The molecule has 2 rings (SSSR count). The van der Waals surface area contributed by atoms with Crippen LogP contribution in [0, 0.1) is 0 Å². The van der Waals surface area contributed by atoms with E-state index < -0.39 is 0 Å². The van der Waals surface area contributed by atoms with Gasteiger partial charge in [-0.3, -0.25) is 9.59 Å². The van der Waals surface area contributed by atoms with Crippen molar-refractivity contribution in [3.8, 4) is 0 Å². The lowest BCUT2D eigenvalue weighted by Gasteiger charge is -2.24. The highest BCUT2D eigenvalue weighted by molar-refractivity contribution is 7.12. The smallest absolute Gasteiger partial charge is 0.264 e. The molecule has 104 valence electrons. The molecule has 0 aliphatic carbocycles. The molecule has 0 spiro atoms. The molecule has 1 aliphatic rings. The molecular weight excluding hydrogens is 262 g/mol. The molecule has 0 radical (unpaired) electrons. The maximum Gasteiger partial charge on any atom is 0.264 e. The molecule has 0 bridgehead atoms. The van der Waals surface area contributed by atoms with Gasteiger partial charge >= 0.3 is 0 Å². The maximum absolute atomic E-state index is 12.3. The first-order chi connectivity index (χ1) is 9.13. The molecule has 6 heteroatoms. The average molecular weight is 281 g/mol. The summed E-state index contributed by atoms with van der Waals surface area (Å²) in [7, 11) is 0. The van der Waals surface area contributed by atoms with Crippen LogP contribution in [-0.4, -0.2) is 41.9 Å². The van der Waals surface area contributed by atoms with E-state index in [9.17, 15) is 9.59 Å². The fourth-order valence-corrected chi connectivity index (χ4v) is 2.90. The molecular formula is C13H19N3O2S. The number of hydrogen-bond acceptors (Lipinski definition) is 4. The summed E-state index contributed by atoms with van der Waals surface area (Å²) in [6.07, 6.45) is 1.59. The van der Waals surface area contributed by atoms with Crippen molar-refractivity contribution in [3.05, 3.63) is 22.4 Å². The minimum absolute atomic E-state index is 0.0481. The summed E-state index contributed by atoms with van der Waals surface area (Å²) in [6, 6.07) is 3.22. The number of rotatable bonds is 4. The topological polar surface area (TPSA) is 75.4 Å². The van der Waals surface area contributed by atoms with Gasteiger partial charge in [0.1, 0.15) is 6.04 Å². The zero-order valence-electron chi connectivity index (χ0n) is 11.0. The Balaban J connectivity index is 2.04. The van der Waals surface area contributed by atoms with E-state index in [1.54, 1.807) is 11.0 Å². The number of nitrogens with two attached hydrogens (primary N) is 1. The van der Waals surface area contributed by atoms with Crippen LogP contribution in [0.5, 0.6) is 0 Å². The standard InChI is InChI=1S/C13H19N3O2S/c1-9(8-14)15-12(17)10-4-2-6-16(10)13(18)11-5-3-7-19-11/h3,5,7,9-10H,2,4,6,8,14H2,1H3,(H,15,17)/t9-,10?/m0/s1. The molecule has 1 saturated heterocycles.